The van der Waals surface area contributed by atoms with Gasteiger partial charge in [-0.15, -0.1) is 0 Å². The standard InChI is InChI=1S/C18H21NO4/c1-19-8-7-17-14-10-3-4-12(22-2)15(14)23-16(17)11(20)5-6-18(17,21)13(19)9-10/h3-4,13,16,21H,5-9H2,1-2H3/t13-,16+,17+,18-/m1/s1/i1D3,2D3. The molecule has 1 aromatic rings. The molecule has 4 aliphatic rings. The molecule has 1 spiro atoms. The summed E-state index contributed by atoms with van der Waals surface area (Å²) >= 11 is 0. The first-order valence-corrected chi connectivity index (χ1v) is 7.92. The van der Waals surface area contributed by atoms with E-state index in [4.69, 9.17) is 17.7 Å². The van der Waals surface area contributed by atoms with Gasteiger partial charge in [0.15, 0.2) is 23.4 Å². The molecule has 2 aliphatic carbocycles. The summed E-state index contributed by atoms with van der Waals surface area (Å²) in [5, 5.41) is 11.9. The van der Waals surface area contributed by atoms with Crippen LogP contribution in [0.25, 0.3) is 0 Å². The number of ketones is 1. The number of carbonyl (C=O) groups excluding carboxylic acids is 1. The maximum atomic E-state index is 12.8. The molecule has 1 saturated carbocycles. The van der Waals surface area contributed by atoms with E-state index in [0.29, 0.717) is 5.56 Å². The lowest BCUT2D eigenvalue weighted by Crippen LogP contribution is -2.76. The number of hydrogen-bond donors (Lipinski definition) is 1. The number of carbonyl (C=O) groups is 1. The molecule has 0 amide bonds. The summed E-state index contributed by atoms with van der Waals surface area (Å²) in [6.45, 7) is -2.19. The Hall–Kier alpha value is -1.59. The second kappa shape index (κ2) is 4.08. The number of likely N-dealkylation sites (tertiary alicyclic amines) is 1. The number of piperidine rings is 1. The van der Waals surface area contributed by atoms with E-state index < -0.39 is 37.2 Å². The van der Waals surface area contributed by atoms with Crippen molar-refractivity contribution in [2.24, 2.45) is 0 Å². The Bertz CT molecular complexity index is 915. The van der Waals surface area contributed by atoms with Crippen molar-refractivity contribution in [2.75, 3.05) is 20.6 Å². The molecule has 2 aliphatic heterocycles. The van der Waals surface area contributed by atoms with E-state index in [-0.39, 0.29) is 49.5 Å². The van der Waals surface area contributed by atoms with Gasteiger partial charge in [0.2, 0.25) is 0 Å². The van der Waals surface area contributed by atoms with Crippen molar-refractivity contribution in [3.05, 3.63) is 23.3 Å². The Morgan fingerprint density at radius 1 is 1.48 bits per heavy atom. The van der Waals surface area contributed by atoms with Gasteiger partial charge in [-0.25, -0.2) is 0 Å². The Labute approximate surface area is 143 Å². The normalized spacial score (nSPS) is 45.5. The number of methoxy groups -OCH3 is 1. The largest absolute Gasteiger partial charge is 0.493 e. The average molecular weight is 321 g/mol. The third-order valence-electron chi connectivity index (χ3n) is 6.35. The van der Waals surface area contributed by atoms with Crippen LogP contribution in [0.15, 0.2) is 12.1 Å². The number of nitrogens with zero attached hydrogens (tertiary/aromatic N) is 1. The van der Waals surface area contributed by atoms with Gasteiger partial charge < -0.3 is 19.5 Å². The van der Waals surface area contributed by atoms with Crippen LogP contribution in [0.5, 0.6) is 11.5 Å². The number of aliphatic hydroxyl groups is 1. The number of rotatable bonds is 1. The fourth-order valence-corrected chi connectivity index (χ4v) is 5.40. The minimum atomic E-state index is -2.69. The molecule has 2 bridgehead atoms. The van der Waals surface area contributed by atoms with Gasteiger partial charge >= 0.3 is 0 Å². The smallest absolute Gasteiger partial charge is 0.174 e. The molecule has 122 valence electrons. The molecule has 5 nitrogen and oxygen atoms in total. The first kappa shape index (κ1) is 9.04. The molecule has 2 fully saturated rings. The zero-order chi connectivity index (χ0) is 21.0. The quantitative estimate of drug-likeness (QED) is 0.838. The number of Topliss-reactive ketones (excluding diaryl/α,β-unsaturated/α-hetero) is 1. The summed E-state index contributed by atoms with van der Waals surface area (Å²) < 4.78 is 57.2. The lowest BCUT2D eigenvalue weighted by molar-refractivity contribution is -0.185. The molecule has 4 atom stereocenters. The zero-order valence-corrected chi connectivity index (χ0v) is 12.5. The average Bonchev–Trinajstić information content (AvgIpc) is 2.92. The van der Waals surface area contributed by atoms with Crippen LogP contribution in [0.4, 0.5) is 0 Å². The first-order chi connectivity index (χ1) is 13.4. The highest BCUT2D eigenvalue weighted by molar-refractivity contribution is 5.90. The van der Waals surface area contributed by atoms with Crippen molar-refractivity contribution >= 4 is 5.78 Å². The van der Waals surface area contributed by atoms with Crippen molar-refractivity contribution < 1.29 is 27.6 Å². The molecule has 23 heavy (non-hydrogen) atoms. The Morgan fingerprint density at radius 2 is 2.39 bits per heavy atom. The fourth-order valence-electron chi connectivity index (χ4n) is 5.40. The van der Waals surface area contributed by atoms with Gasteiger partial charge in [-0.3, -0.25) is 4.79 Å². The minimum Gasteiger partial charge on any atom is -0.493 e. The SMILES string of the molecule is [2H]C([2H])([2H])Oc1ccc2c3c1O[C@H]1C(=O)CC[C@@]4(O)[C@@H](C2)N(C([2H])([2H])[2H])CC[C@]314. The Kier molecular flexibility index (Phi) is 1.60. The highest BCUT2D eigenvalue weighted by Gasteiger charge is 2.72. The van der Waals surface area contributed by atoms with Crippen LogP contribution in [0, 0.1) is 0 Å². The fraction of sp³-hybridized carbons (Fsp3) is 0.611. The lowest BCUT2D eigenvalue weighted by atomic mass is 9.49. The Balaban J connectivity index is 1.74. The van der Waals surface area contributed by atoms with Gasteiger partial charge in [-0.05, 0) is 44.4 Å². The first-order valence-electron chi connectivity index (χ1n) is 10.9. The molecule has 0 radical (unpaired) electrons. The van der Waals surface area contributed by atoms with Crippen LogP contribution in [0.1, 0.15) is 38.6 Å². The van der Waals surface area contributed by atoms with Gasteiger partial charge in [-0.1, -0.05) is 6.07 Å². The number of hydrogen-bond acceptors (Lipinski definition) is 5. The molecule has 1 aromatic carbocycles. The summed E-state index contributed by atoms with van der Waals surface area (Å²) in [5.74, 6) is 0.0390. The third-order valence-corrected chi connectivity index (χ3v) is 6.35. The number of benzene rings is 1. The van der Waals surface area contributed by atoms with Crippen LogP contribution < -0.4 is 9.47 Å². The zero-order valence-electron chi connectivity index (χ0n) is 18.5. The third kappa shape index (κ3) is 1.32. The summed E-state index contributed by atoms with van der Waals surface area (Å²) in [4.78, 5) is 14.2. The molecule has 5 heteroatoms. The number of ether oxygens (including phenoxy) is 2. The molecular weight excluding hydrogens is 294 g/mol. The predicted octanol–water partition coefficient (Wildman–Crippen LogP) is 1.05. The van der Waals surface area contributed by atoms with Crippen LogP contribution in [-0.2, 0) is 16.6 Å². The van der Waals surface area contributed by atoms with Crippen LogP contribution in [0.3, 0.4) is 0 Å². The summed E-state index contributed by atoms with van der Waals surface area (Å²) in [6.07, 6.45) is -0.249. The summed E-state index contributed by atoms with van der Waals surface area (Å²) in [6, 6.07) is 2.50. The van der Waals surface area contributed by atoms with E-state index in [9.17, 15) is 9.90 Å². The predicted molar refractivity (Wildman–Crippen MR) is 83.0 cm³/mol. The van der Waals surface area contributed by atoms with E-state index >= 15 is 0 Å². The monoisotopic (exact) mass is 321 g/mol. The van der Waals surface area contributed by atoms with E-state index in [2.05, 4.69) is 0 Å². The second-order valence-corrected chi connectivity index (χ2v) is 7.05. The molecular formula is C18H21NO4. The van der Waals surface area contributed by atoms with Crippen molar-refractivity contribution in [3.63, 3.8) is 0 Å². The second-order valence-electron chi connectivity index (χ2n) is 7.05. The van der Waals surface area contributed by atoms with Gasteiger partial charge in [-0.2, -0.15) is 0 Å². The topological polar surface area (TPSA) is 59.0 Å². The van der Waals surface area contributed by atoms with Crippen molar-refractivity contribution in [1.29, 1.82) is 0 Å². The molecule has 2 heterocycles. The van der Waals surface area contributed by atoms with E-state index in [1.54, 1.807) is 6.07 Å². The molecule has 1 N–H and O–H groups in total. The van der Waals surface area contributed by atoms with E-state index in [1.165, 1.54) is 11.0 Å². The summed E-state index contributed by atoms with van der Waals surface area (Å²) in [5.41, 5.74) is -1.18. The number of likely N-dealkylation sites (N-methyl/N-ethyl adjacent to an activating group) is 1. The highest BCUT2D eigenvalue weighted by Crippen LogP contribution is 2.64. The molecule has 0 unspecified atom stereocenters. The van der Waals surface area contributed by atoms with E-state index in [1.807, 2.05) is 0 Å². The maximum absolute atomic E-state index is 12.8. The molecule has 1 saturated heterocycles. The van der Waals surface area contributed by atoms with Gasteiger partial charge in [0.05, 0.1) is 22.2 Å². The van der Waals surface area contributed by atoms with Gasteiger partial charge in [0.25, 0.3) is 0 Å². The lowest BCUT2D eigenvalue weighted by Gasteiger charge is -2.62. The van der Waals surface area contributed by atoms with Crippen LogP contribution in [-0.4, -0.2) is 54.1 Å². The van der Waals surface area contributed by atoms with Crippen LogP contribution >= 0.6 is 0 Å². The van der Waals surface area contributed by atoms with E-state index in [0.717, 1.165) is 5.56 Å². The minimum absolute atomic E-state index is 0.0133. The highest BCUT2D eigenvalue weighted by atomic mass is 16.5. The van der Waals surface area contributed by atoms with Gasteiger partial charge in [0.1, 0.15) is 0 Å². The maximum Gasteiger partial charge on any atom is 0.174 e. The van der Waals surface area contributed by atoms with Crippen molar-refractivity contribution in [3.8, 4) is 11.5 Å². The van der Waals surface area contributed by atoms with Crippen LogP contribution in [0.2, 0.25) is 0 Å². The van der Waals surface area contributed by atoms with Crippen molar-refractivity contribution in [1.82, 2.24) is 4.90 Å². The molecule has 5 rings (SSSR count). The van der Waals surface area contributed by atoms with Crippen molar-refractivity contribution in [2.45, 2.75) is 48.8 Å². The summed E-state index contributed by atoms with van der Waals surface area (Å²) in [7, 11) is -2.69. The Morgan fingerprint density at radius 3 is 3.22 bits per heavy atom. The van der Waals surface area contributed by atoms with Gasteiger partial charge in [0, 0.05) is 22.1 Å². The molecule has 0 aromatic heterocycles.